The number of H-pyrrole nitrogens is 1. The number of hydrogen-bond acceptors (Lipinski definition) is 5. The molecular formula is C12H19N5O4. The van der Waals surface area contributed by atoms with Crippen molar-refractivity contribution in [1.29, 1.82) is 0 Å². The van der Waals surface area contributed by atoms with Gasteiger partial charge in [0.05, 0.1) is 12.0 Å². The molecule has 2 heterocycles. The second-order valence-corrected chi connectivity index (χ2v) is 5.14. The molecule has 3 N–H and O–H groups in total. The Morgan fingerprint density at radius 1 is 1.52 bits per heavy atom. The first kappa shape index (κ1) is 15.2. The molecular weight excluding hydrogens is 278 g/mol. The van der Waals surface area contributed by atoms with E-state index < -0.39 is 11.4 Å². The van der Waals surface area contributed by atoms with Crippen molar-refractivity contribution in [2.75, 3.05) is 26.8 Å². The van der Waals surface area contributed by atoms with Crippen LogP contribution in [0.15, 0.2) is 6.33 Å². The van der Waals surface area contributed by atoms with Crippen molar-refractivity contribution in [2.45, 2.75) is 19.4 Å². The van der Waals surface area contributed by atoms with Crippen LogP contribution in [0.4, 0.5) is 4.79 Å². The maximum absolute atomic E-state index is 12.0. The summed E-state index contributed by atoms with van der Waals surface area (Å²) < 4.78 is 5.19. The minimum Gasteiger partial charge on any atom is -0.481 e. The molecule has 0 aliphatic carbocycles. The largest absolute Gasteiger partial charge is 0.481 e. The number of aromatic nitrogens is 3. The fourth-order valence-electron chi connectivity index (χ4n) is 2.21. The maximum atomic E-state index is 12.0. The molecule has 0 aromatic carbocycles. The molecule has 0 radical (unpaired) electrons. The summed E-state index contributed by atoms with van der Waals surface area (Å²) in [5, 5.41) is 18.4. The summed E-state index contributed by atoms with van der Waals surface area (Å²) in [6.45, 7) is 1.16. The van der Waals surface area contributed by atoms with Gasteiger partial charge < -0.3 is 20.1 Å². The second kappa shape index (κ2) is 6.53. The van der Waals surface area contributed by atoms with Crippen molar-refractivity contribution in [1.82, 2.24) is 25.4 Å². The van der Waals surface area contributed by atoms with Gasteiger partial charge in [0.25, 0.3) is 0 Å². The van der Waals surface area contributed by atoms with Crippen molar-refractivity contribution in [3.8, 4) is 0 Å². The lowest BCUT2D eigenvalue weighted by atomic mass is 9.80. The van der Waals surface area contributed by atoms with Crippen molar-refractivity contribution in [3.05, 3.63) is 12.2 Å². The van der Waals surface area contributed by atoms with Crippen LogP contribution < -0.4 is 5.32 Å². The number of carbonyl (C=O) groups is 2. The van der Waals surface area contributed by atoms with Gasteiger partial charge in [-0.3, -0.25) is 9.89 Å². The molecule has 1 saturated heterocycles. The summed E-state index contributed by atoms with van der Waals surface area (Å²) in [6, 6.07) is -0.349. The van der Waals surface area contributed by atoms with E-state index in [0.29, 0.717) is 31.9 Å². The first-order chi connectivity index (χ1) is 10.0. The lowest BCUT2D eigenvalue weighted by molar-refractivity contribution is -0.154. The molecule has 116 valence electrons. The Kier molecular flexibility index (Phi) is 4.73. The Morgan fingerprint density at radius 2 is 2.24 bits per heavy atom. The fraction of sp³-hybridized carbons (Fsp3) is 0.667. The highest BCUT2D eigenvalue weighted by atomic mass is 16.5. The van der Waals surface area contributed by atoms with Crippen LogP contribution >= 0.6 is 0 Å². The summed E-state index contributed by atoms with van der Waals surface area (Å²) in [6.07, 6.45) is 2.16. The smallest absolute Gasteiger partial charge is 0.317 e. The normalized spacial score (nSPS) is 17.2. The first-order valence-electron chi connectivity index (χ1n) is 6.68. The van der Waals surface area contributed by atoms with Gasteiger partial charge in [0, 0.05) is 26.8 Å². The van der Waals surface area contributed by atoms with E-state index in [1.165, 1.54) is 11.2 Å². The van der Waals surface area contributed by atoms with Crippen LogP contribution in [0.1, 0.15) is 18.7 Å². The molecule has 0 bridgehead atoms. The third-order valence-electron chi connectivity index (χ3n) is 3.68. The first-order valence-corrected chi connectivity index (χ1v) is 6.68. The molecule has 1 aromatic heterocycles. The quantitative estimate of drug-likeness (QED) is 0.694. The van der Waals surface area contributed by atoms with Gasteiger partial charge in [-0.15, -0.1) is 0 Å². The number of carbonyl (C=O) groups excluding carboxylic acids is 1. The van der Waals surface area contributed by atoms with E-state index in [0.717, 1.165) is 0 Å². The van der Waals surface area contributed by atoms with Crippen LogP contribution in [0.3, 0.4) is 0 Å². The zero-order valence-electron chi connectivity index (χ0n) is 11.8. The lowest BCUT2D eigenvalue weighted by Gasteiger charge is -2.33. The highest BCUT2D eigenvalue weighted by Gasteiger charge is 2.40. The van der Waals surface area contributed by atoms with Gasteiger partial charge in [0.2, 0.25) is 0 Å². The van der Waals surface area contributed by atoms with Crippen LogP contribution in [0.25, 0.3) is 0 Å². The van der Waals surface area contributed by atoms with E-state index in [4.69, 9.17) is 4.74 Å². The topological polar surface area (TPSA) is 120 Å². The molecule has 9 nitrogen and oxygen atoms in total. The Bertz CT molecular complexity index is 484. The third kappa shape index (κ3) is 3.69. The number of ether oxygens (including phenoxy) is 1. The number of hydrogen-bond donors (Lipinski definition) is 3. The molecule has 1 aliphatic heterocycles. The zero-order chi connectivity index (χ0) is 15.3. The number of aromatic amines is 1. The molecule has 2 amide bonds. The Balaban J connectivity index is 1.88. The minimum absolute atomic E-state index is 0.0886. The monoisotopic (exact) mass is 297 g/mol. The van der Waals surface area contributed by atoms with Gasteiger partial charge in [-0.2, -0.15) is 5.10 Å². The molecule has 0 saturated carbocycles. The summed E-state index contributed by atoms with van der Waals surface area (Å²) in [5.41, 5.74) is -0.943. The number of nitrogens with zero attached hydrogens (tertiary/aromatic N) is 3. The van der Waals surface area contributed by atoms with Gasteiger partial charge >= 0.3 is 12.0 Å². The number of amides is 2. The van der Waals surface area contributed by atoms with E-state index in [1.54, 1.807) is 7.05 Å². The van der Waals surface area contributed by atoms with Gasteiger partial charge in [0.1, 0.15) is 12.2 Å². The molecule has 0 unspecified atom stereocenters. The predicted octanol–water partition coefficient (Wildman–Crippen LogP) is -0.172. The lowest BCUT2D eigenvalue weighted by Crippen LogP contribution is -2.49. The van der Waals surface area contributed by atoms with Crippen LogP contribution in [0, 0.1) is 5.41 Å². The van der Waals surface area contributed by atoms with E-state index >= 15 is 0 Å². The highest BCUT2D eigenvalue weighted by molar-refractivity contribution is 5.78. The summed E-state index contributed by atoms with van der Waals surface area (Å²) in [5.74, 6) is -0.337. The fourth-order valence-corrected chi connectivity index (χ4v) is 2.21. The van der Waals surface area contributed by atoms with Crippen molar-refractivity contribution in [2.24, 2.45) is 5.41 Å². The number of urea groups is 1. The average molecular weight is 297 g/mol. The molecule has 1 fully saturated rings. The van der Waals surface area contributed by atoms with Crippen molar-refractivity contribution < 1.29 is 19.4 Å². The predicted molar refractivity (Wildman–Crippen MR) is 71.4 cm³/mol. The summed E-state index contributed by atoms with van der Waals surface area (Å²) in [4.78, 5) is 28.8. The van der Waals surface area contributed by atoms with E-state index in [1.807, 2.05) is 0 Å². The number of aliphatic carboxylic acids is 1. The summed E-state index contributed by atoms with van der Waals surface area (Å²) >= 11 is 0. The van der Waals surface area contributed by atoms with Crippen molar-refractivity contribution in [3.63, 3.8) is 0 Å². The van der Waals surface area contributed by atoms with Crippen LogP contribution in [0.2, 0.25) is 0 Å². The molecule has 0 atom stereocenters. The molecule has 1 aliphatic rings. The molecule has 21 heavy (non-hydrogen) atoms. The second-order valence-electron chi connectivity index (χ2n) is 5.14. The van der Waals surface area contributed by atoms with E-state index in [-0.39, 0.29) is 19.1 Å². The van der Waals surface area contributed by atoms with Gasteiger partial charge in [-0.25, -0.2) is 9.78 Å². The van der Waals surface area contributed by atoms with Gasteiger partial charge in [-0.1, -0.05) is 0 Å². The molecule has 1 aromatic rings. The van der Waals surface area contributed by atoms with Crippen LogP contribution in [-0.2, 0) is 16.1 Å². The minimum atomic E-state index is -0.943. The Labute approximate surface area is 121 Å². The average Bonchev–Trinajstić information content (AvgIpc) is 2.98. The molecule has 2 rings (SSSR count). The van der Waals surface area contributed by atoms with E-state index in [9.17, 15) is 14.7 Å². The van der Waals surface area contributed by atoms with E-state index in [2.05, 4.69) is 20.5 Å². The maximum Gasteiger partial charge on any atom is 0.317 e. The Morgan fingerprint density at radius 3 is 2.81 bits per heavy atom. The van der Waals surface area contributed by atoms with Crippen molar-refractivity contribution >= 4 is 12.0 Å². The SMILES string of the molecule is CN(Cc1ncn[nH]1)C(=O)NCC1(C(=O)O)CCOCC1. The highest BCUT2D eigenvalue weighted by Crippen LogP contribution is 2.30. The van der Waals surface area contributed by atoms with Gasteiger partial charge in [-0.05, 0) is 12.8 Å². The summed E-state index contributed by atoms with van der Waals surface area (Å²) in [7, 11) is 1.61. The zero-order valence-corrected chi connectivity index (χ0v) is 11.8. The number of rotatable bonds is 5. The third-order valence-corrected chi connectivity index (χ3v) is 3.68. The Hall–Kier alpha value is -2.16. The number of carboxylic acid groups (broad SMARTS) is 1. The molecule has 0 spiro atoms. The molecule has 9 heteroatoms. The van der Waals surface area contributed by atoms with Crippen LogP contribution in [0.5, 0.6) is 0 Å². The number of carboxylic acids is 1. The standard InChI is InChI=1S/C12H19N5O4/c1-17(6-9-14-8-15-16-9)11(20)13-7-12(10(18)19)2-4-21-5-3-12/h8H,2-7H2,1H3,(H,13,20)(H,18,19)(H,14,15,16). The van der Waals surface area contributed by atoms with Gasteiger partial charge in [0.15, 0.2) is 0 Å². The van der Waals surface area contributed by atoms with Crippen LogP contribution in [-0.4, -0.2) is 64.0 Å². The number of nitrogens with one attached hydrogen (secondary N) is 2.